The lowest BCUT2D eigenvalue weighted by atomic mass is 9.63. The fourth-order valence-electron chi connectivity index (χ4n) is 4.05. The van der Waals surface area contributed by atoms with Gasteiger partial charge in [-0.25, -0.2) is 9.67 Å². The Kier molecular flexibility index (Phi) is 4.52. The molecule has 0 spiro atoms. The summed E-state index contributed by atoms with van der Waals surface area (Å²) in [6.07, 6.45) is 6.57. The van der Waals surface area contributed by atoms with Crippen LogP contribution in [0.25, 0.3) is 0 Å². The summed E-state index contributed by atoms with van der Waals surface area (Å²) in [6.45, 7) is 13.5. The number of nitrogens with zero attached hydrogens (tertiary/aromatic N) is 3. The maximum atomic E-state index is 4.38. The Bertz CT molecular complexity index is 417. The van der Waals surface area contributed by atoms with Gasteiger partial charge in [-0.3, -0.25) is 0 Å². The molecule has 0 saturated heterocycles. The van der Waals surface area contributed by atoms with Crippen LogP contribution in [0.15, 0.2) is 6.33 Å². The fourth-order valence-corrected chi connectivity index (χ4v) is 4.05. The molecule has 1 fully saturated rings. The van der Waals surface area contributed by atoms with Crippen molar-refractivity contribution in [3.05, 3.63) is 12.2 Å². The molecular weight excluding hydrogens is 248 g/mol. The van der Waals surface area contributed by atoms with Crippen molar-refractivity contribution in [2.24, 2.45) is 10.8 Å². The minimum absolute atomic E-state index is 0.427. The zero-order valence-electron chi connectivity index (χ0n) is 13.7. The highest BCUT2D eigenvalue weighted by Gasteiger charge is 2.38. The van der Waals surface area contributed by atoms with Crippen LogP contribution in [0.5, 0.6) is 0 Å². The van der Waals surface area contributed by atoms with E-state index in [0.717, 1.165) is 25.3 Å². The second-order valence-electron chi connectivity index (χ2n) is 7.89. The van der Waals surface area contributed by atoms with Gasteiger partial charge < -0.3 is 5.32 Å². The van der Waals surface area contributed by atoms with Gasteiger partial charge in [0.2, 0.25) is 0 Å². The first-order valence-electron chi connectivity index (χ1n) is 7.91. The molecule has 0 aromatic carbocycles. The molecule has 1 heterocycles. The van der Waals surface area contributed by atoms with Gasteiger partial charge in [-0.05, 0) is 36.5 Å². The quantitative estimate of drug-likeness (QED) is 0.898. The van der Waals surface area contributed by atoms with E-state index in [4.69, 9.17) is 0 Å². The van der Waals surface area contributed by atoms with Crippen molar-refractivity contribution >= 4 is 0 Å². The van der Waals surface area contributed by atoms with Crippen molar-refractivity contribution in [2.75, 3.05) is 0 Å². The third-order valence-electron chi connectivity index (χ3n) is 4.24. The normalized spacial score (nSPS) is 22.1. The first-order valence-corrected chi connectivity index (χ1v) is 7.91. The molecule has 4 heteroatoms. The average Bonchev–Trinajstić information content (AvgIpc) is 2.70. The molecule has 2 rings (SSSR count). The Labute approximate surface area is 123 Å². The van der Waals surface area contributed by atoms with Gasteiger partial charge in [0.15, 0.2) is 0 Å². The highest BCUT2D eigenvalue weighted by atomic mass is 15.3. The number of aromatic nitrogens is 3. The maximum absolute atomic E-state index is 4.38. The zero-order chi connectivity index (χ0) is 14.8. The minimum atomic E-state index is 0.427. The fraction of sp³-hybridized carbons (Fsp3) is 0.875. The molecule has 1 aromatic heterocycles. The van der Waals surface area contributed by atoms with Crippen LogP contribution in [0.1, 0.15) is 66.1 Å². The Morgan fingerprint density at radius 3 is 2.50 bits per heavy atom. The molecule has 0 amide bonds. The average molecular weight is 278 g/mol. The van der Waals surface area contributed by atoms with E-state index in [0.29, 0.717) is 16.9 Å². The lowest BCUT2D eigenvalue weighted by Gasteiger charge is -2.45. The van der Waals surface area contributed by atoms with Crippen LogP contribution in [0.2, 0.25) is 0 Å². The van der Waals surface area contributed by atoms with Crippen molar-refractivity contribution in [3.63, 3.8) is 0 Å². The number of nitrogens with one attached hydrogen (secondary N) is 1. The molecule has 0 bridgehead atoms. The second-order valence-corrected chi connectivity index (χ2v) is 7.89. The molecule has 0 atom stereocenters. The van der Waals surface area contributed by atoms with Gasteiger partial charge in [0.25, 0.3) is 0 Å². The summed E-state index contributed by atoms with van der Waals surface area (Å²) in [5, 5.41) is 8.00. The summed E-state index contributed by atoms with van der Waals surface area (Å²) < 4.78 is 2.02. The topological polar surface area (TPSA) is 42.7 Å². The van der Waals surface area contributed by atoms with Gasteiger partial charge in [-0.2, -0.15) is 5.10 Å². The highest BCUT2D eigenvalue weighted by Crippen LogP contribution is 2.45. The number of hydrogen-bond acceptors (Lipinski definition) is 3. The number of hydrogen-bond donors (Lipinski definition) is 1. The highest BCUT2D eigenvalue weighted by molar-refractivity contribution is 4.93. The summed E-state index contributed by atoms with van der Waals surface area (Å²) in [7, 11) is 0. The molecule has 1 saturated carbocycles. The van der Waals surface area contributed by atoms with Gasteiger partial charge in [-0.15, -0.1) is 0 Å². The van der Waals surface area contributed by atoms with E-state index in [9.17, 15) is 0 Å². The van der Waals surface area contributed by atoms with Gasteiger partial charge in [0.05, 0.1) is 6.54 Å². The van der Waals surface area contributed by atoms with Crippen LogP contribution in [-0.2, 0) is 13.1 Å². The Morgan fingerprint density at radius 1 is 1.25 bits per heavy atom. The predicted molar refractivity (Wildman–Crippen MR) is 82.4 cm³/mol. The van der Waals surface area contributed by atoms with E-state index < -0.39 is 0 Å². The first kappa shape index (κ1) is 15.5. The van der Waals surface area contributed by atoms with Gasteiger partial charge in [-0.1, -0.05) is 34.6 Å². The van der Waals surface area contributed by atoms with Gasteiger partial charge in [0.1, 0.15) is 12.2 Å². The van der Waals surface area contributed by atoms with Crippen LogP contribution in [-0.4, -0.2) is 20.8 Å². The monoisotopic (exact) mass is 278 g/mol. The molecule has 114 valence electrons. The van der Waals surface area contributed by atoms with Crippen molar-refractivity contribution in [3.8, 4) is 0 Å². The largest absolute Gasteiger partial charge is 0.307 e. The Hall–Kier alpha value is -0.900. The minimum Gasteiger partial charge on any atom is -0.307 e. The number of rotatable bonds is 5. The van der Waals surface area contributed by atoms with Crippen LogP contribution < -0.4 is 5.32 Å². The molecule has 4 nitrogen and oxygen atoms in total. The van der Waals surface area contributed by atoms with Crippen LogP contribution in [0, 0.1) is 10.8 Å². The van der Waals surface area contributed by atoms with Crippen molar-refractivity contribution < 1.29 is 0 Å². The molecule has 1 N–H and O–H groups in total. The molecule has 20 heavy (non-hydrogen) atoms. The summed E-state index contributed by atoms with van der Waals surface area (Å²) in [5.74, 6) is 1.06. The van der Waals surface area contributed by atoms with Crippen LogP contribution >= 0.6 is 0 Å². The molecule has 1 aromatic rings. The third-order valence-corrected chi connectivity index (χ3v) is 4.24. The van der Waals surface area contributed by atoms with E-state index >= 15 is 0 Å². The summed E-state index contributed by atoms with van der Waals surface area (Å²) >= 11 is 0. The summed E-state index contributed by atoms with van der Waals surface area (Å²) in [5.41, 5.74) is 0.854. The zero-order valence-corrected chi connectivity index (χ0v) is 13.7. The van der Waals surface area contributed by atoms with Crippen molar-refractivity contribution in [1.82, 2.24) is 20.1 Å². The predicted octanol–water partition coefficient (Wildman–Crippen LogP) is 3.38. The molecule has 0 radical (unpaired) electrons. The van der Waals surface area contributed by atoms with E-state index in [2.05, 4.69) is 50.0 Å². The van der Waals surface area contributed by atoms with Gasteiger partial charge in [0, 0.05) is 12.6 Å². The molecular formula is C16H30N4. The lowest BCUT2D eigenvalue weighted by molar-refractivity contribution is 0.0840. The smallest absolute Gasteiger partial charge is 0.140 e. The maximum Gasteiger partial charge on any atom is 0.140 e. The van der Waals surface area contributed by atoms with Crippen molar-refractivity contribution in [2.45, 2.75) is 79.4 Å². The van der Waals surface area contributed by atoms with E-state index in [-0.39, 0.29) is 0 Å². The Morgan fingerprint density at radius 2 is 1.90 bits per heavy atom. The van der Waals surface area contributed by atoms with Crippen LogP contribution in [0.3, 0.4) is 0 Å². The van der Waals surface area contributed by atoms with Gasteiger partial charge >= 0.3 is 0 Å². The van der Waals surface area contributed by atoms with E-state index in [1.807, 2.05) is 4.68 Å². The SMILES string of the molecule is CCCn1ncnc1CNC1CC(C)(C)CC(C)(C)C1. The standard InChI is InChI=1S/C16H30N4/c1-6-7-20-14(18-12-19-20)10-17-13-8-15(2,3)11-16(4,5)9-13/h12-13,17H,6-11H2,1-5H3. The first-order chi connectivity index (χ1) is 9.31. The second kappa shape index (κ2) is 5.84. The Balaban J connectivity index is 1.94. The summed E-state index contributed by atoms with van der Waals surface area (Å²) in [6, 6.07) is 0.584. The van der Waals surface area contributed by atoms with Crippen LogP contribution in [0.4, 0.5) is 0 Å². The van der Waals surface area contributed by atoms with Crippen molar-refractivity contribution in [1.29, 1.82) is 0 Å². The van der Waals surface area contributed by atoms with E-state index in [1.54, 1.807) is 6.33 Å². The molecule has 1 aliphatic carbocycles. The lowest BCUT2D eigenvalue weighted by Crippen LogP contribution is -2.43. The molecule has 0 unspecified atom stereocenters. The third kappa shape index (κ3) is 4.05. The number of aryl methyl sites for hydroxylation is 1. The summed E-state index contributed by atoms with van der Waals surface area (Å²) in [4.78, 5) is 4.38. The molecule has 1 aliphatic rings. The van der Waals surface area contributed by atoms with E-state index in [1.165, 1.54) is 19.3 Å². The molecule has 0 aliphatic heterocycles.